The maximum absolute atomic E-state index is 13.8. The molecule has 0 bridgehead atoms. The van der Waals surface area contributed by atoms with E-state index in [0.29, 0.717) is 42.5 Å². The molecule has 2 heterocycles. The summed E-state index contributed by atoms with van der Waals surface area (Å²) < 4.78 is 30.8. The van der Waals surface area contributed by atoms with E-state index in [2.05, 4.69) is 9.88 Å². The van der Waals surface area contributed by atoms with Crippen molar-refractivity contribution in [3.05, 3.63) is 66.2 Å². The summed E-state index contributed by atoms with van der Waals surface area (Å²) in [7, 11) is -3.45. The number of thiazole rings is 1. The molecule has 1 aromatic heterocycles. The van der Waals surface area contributed by atoms with Crippen molar-refractivity contribution in [1.82, 2.24) is 9.88 Å². The van der Waals surface area contributed by atoms with Gasteiger partial charge in [-0.2, -0.15) is 0 Å². The van der Waals surface area contributed by atoms with Crippen molar-refractivity contribution in [2.75, 3.05) is 50.5 Å². The first kappa shape index (κ1) is 25.5. The molecule has 0 N–H and O–H groups in total. The minimum Gasteiger partial charge on any atom is -0.379 e. The number of halogens is 1. The van der Waals surface area contributed by atoms with Gasteiger partial charge in [0.2, 0.25) is 0 Å². The van der Waals surface area contributed by atoms with Crippen molar-refractivity contribution in [1.29, 1.82) is 0 Å². The monoisotopic (exact) mass is 531 g/mol. The standard InChI is InChI=1S/C25H25N3O4S2.ClH/c1-34(30,31)22-8-4-7-21-23(22)26-25(33-21)28(12-11-27-13-15-32-16-14-27)24(29)20-10-9-18-5-2-3-6-19(18)17-20;/h2-10,17H,11-16H2,1H3;1H. The number of fused-ring (bicyclic) bond motifs is 2. The first-order valence-corrected chi connectivity index (χ1v) is 13.8. The molecule has 1 fully saturated rings. The number of amides is 1. The highest BCUT2D eigenvalue weighted by molar-refractivity contribution is 7.91. The van der Waals surface area contributed by atoms with Crippen LogP contribution in [0.2, 0.25) is 0 Å². The van der Waals surface area contributed by atoms with Gasteiger partial charge in [-0.25, -0.2) is 13.4 Å². The fraction of sp³-hybridized carbons (Fsp3) is 0.280. The highest BCUT2D eigenvalue weighted by atomic mass is 35.5. The van der Waals surface area contributed by atoms with Crippen LogP contribution in [-0.4, -0.2) is 69.9 Å². The third-order valence-corrected chi connectivity index (χ3v) is 8.16. The first-order chi connectivity index (χ1) is 16.4. The lowest BCUT2D eigenvalue weighted by molar-refractivity contribution is 0.0391. The molecule has 0 unspecified atom stereocenters. The molecule has 1 aliphatic heterocycles. The molecule has 1 amide bonds. The van der Waals surface area contributed by atoms with Crippen LogP contribution in [0.25, 0.3) is 21.0 Å². The van der Waals surface area contributed by atoms with Crippen molar-refractivity contribution < 1.29 is 17.9 Å². The molecular weight excluding hydrogens is 506 g/mol. The molecule has 0 aliphatic carbocycles. The van der Waals surface area contributed by atoms with Crippen LogP contribution in [0.5, 0.6) is 0 Å². The topological polar surface area (TPSA) is 79.8 Å². The summed E-state index contributed by atoms with van der Waals surface area (Å²) in [6, 6.07) is 18.7. The Labute approximate surface area is 214 Å². The Hall–Kier alpha value is -2.56. The number of benzene rings is 3. The zero-order valence-electron chi connectivity index (χ0n) is 19.2. The second-order valence-corrected chi connectivity index (χ2v) is 11.3. The molecule has 184 valence electrons. The Morgan fingerprint density at radius 2 is 1.80 bits per heavy atom. The lowest BCUT2D eigenvalue weighted by Crippen LogP contribution is -2.43. The normalized spacial score (nSPS) is 14.7. The van der Waals surface area contributed by atoms with Gasteiger partial charge < -0.3 is 4.74 Å². The second kappa shape index (κ2) is 10.6. The summed E-state index contributed by atoms with van der Waals surface area (Å²) >= 11 is 1.34. The third-order valence-electron chi connectivity index (χ3n) is 5.99. The van der Waals surface area contributed by atoms with Crippen LogP contribution in [0.4, 0.5) is 5.13 Å². The van der Waals surface area contributed by atoms with Crippen molar-refractivity contribution in [3.8, 4) is 0 Å². The molecule has 1 saturated heterocycles. The molecule has 35 heavy (non-hydrogen) atoms. The third kappa shape index (κ3) is 5.49. The molecule has 4 aromatic rings. The van der Waals surface area contributed by atoms with Crippen LogP contribution in [0.3, 0.4) is 0 Å². The lowest BCUT2D eigenvalue weighted by Gasteiger charge is -2.29. The van der Waals surface area contributed by atoms with E-state index in [-0.39, 0.29) is 23.2 Å². The van der Waals surface area contributed by atoms with Gasteiger partial charge in [0.25, 0.3) is 5.91 Å². The largest absolute Gasteiger partial charge is 0.379 e. The Morgan fingerprint density at radius 3 is 2.54 bits per heavy atom. The van der Waals surface area contributed by atoms with Gasteiger partial charge in [0.15, 0.2) is 15.0 Å². The van der Waals surface area contributed by atoms with E-state index in [1.54, 1.807) is 17.0 Å². The fourth-order valence-electron chi connectivity index (χ4n) is 4.15. The molecule has 7 nitrogen and oxygen atoms in total. The number of nitrogens with zero attached hydrogens (tertiary/aromatic N) is 3. The SMILES string of the molecule is CS(=O)(=O)c1cccc2sc(N(CCN3CCOCC3)C(=O)c3ccc4ccccc4c3)nc12.Cl. The Kier molecular flexibility index (Phi) is 7.73. The van der Waals surface area contributed by atoms with Crippen molar-refractivity contribution in [2.45, 2.75) is 4.90 Å². The summed E-state index contributed by atoms with van der Waals surface area (Å²) in [5.41, 5.74) is 0.982. The Morgan fingerprint density at radius 1 is 1.06 bits per heavy atom. The highest BCUT2D eigenvalue weighted by Crippen LogP contribution is 2.33. The minimum atomic E-state index is -3.45. The first-order valence-electron chi connectivity index (χ1n) is 11.1. The number of morpholine rings is 1. The fourth-order valence-corrected chi connectivity index (χ4v) is 6.07. The van der Waals surface area contributed by atoms with E-state index < -0.39 is 9.84 Å². The molecule has 3 aromatic carbocycles. The number of ether oxygens (including phenoxy) is 1. The van der Waals surface area contributed by atoms with E-state index in [1.165, 1.54) is 17.6 Å². The van der Waals surface area contributed by atoms with Gasteiger partial charge in [0.05, 0.1) is 22.8 Å². The number of hydrogen-bond donors (Lipinski definition) is 0. The zero-order chi connectivity index (χ0) is 23.7. The molecule has 0 atom stereocenters. The number of rotatable bonds is 6. The van der Waals surface area contributed by atoms with Gasteiger partial charge in [-0.15, -0.1) is 12.4 Å². The van der Waals surface area contributed by atoms with E-state index >= 15 is 0 Å². The van der Waals surface area contributed by atoms with Crippen LogP contribution in [-0.2, 0) is 14.6 Å². The Bertz CT molecular complexity index is 1470. The smallest absolute Gasteiger partial charge is 0.260 e. The van der Waals surface area contributed by atoms with Gasteiger partial charge in [-0.1, -0.05) is 47.7 Å². The number of carbonyl (C=O) groups is 1. The summed E-state index contributed by atoms with van der Waals surface area (Å²) in [6.45, 7) is 4.11. The predicted octanol–water partition coefficient (Wildman–Crippen LogP) is 4.25. The maximum atomic E-state index is 13.8. The minimum absolute atomic E-state index is 0. The van der Waals surface area contributed by atoms with Crippen LogP contribution in [0.15, 0.2) is 65.6 Å². The van der Waals surface area contributed by atoms with Crippen LogP contribution < -0.4 is 4.90 Å². The molecule has 0 spiro atoms. The van der Waals surface area contributed by atoms with Crippen molar-refractivity contribution in [3.63, 3.8) is 0 Å². The quantitative estimate of drug-likeness (QED) is 0.370. The number of aromatic nitrogens is 1. The number of carbonyl (C=O) groups excluding carboxylic acids is 1. The zero-order valence-corrected chi connectivity index (χ0v) is 21.7. The molecule has 10 heteroatoms. The number of para-hydroxylation sites is 1. The van der Waals surface area contributed by atoms with Gasteiger partial charge >= 0.3 is 0 Å². The number of anilines is 1. The van der Waals surface area contributed by atoms with E-state index in [1.807, 2.05) is 48.5 Å². The average Bonchev–Trinajstić information content (AvgIpc) is 3.27. The maximum Gasteiger partial charge on any atom is 0.260 e. The summed E-state index contributed by atoms with van der Waals surface area (Å²) in [5, 5.41) is 2.55. The Balaban J connectivity index is 0.00000289. The van der Waals surface area contributed by atoms with Gasteiger partial charge in [0.1, 0.15) is 5.52 Å². The van der Waals surface area contributed by atoms with Crippen molar-refractivity contribution in [2.24, 2.45) is 0 Å². The van der Waals surface area contributed by atoms with Gasteiger partial charge in [0, 0.05) is 38.0 Å². The van der Waals surface area contributed by atoms with E-state index in [9.17, 15) is 13.2 Å². The second-order valence-electron chi connectivity index (χ2n) is 8.34. The summed E-state index contributed by atoms with van der Waals surface area (Å²) in [4.78, 5) is 22.5. The van der Waals surface area contributed by atoms with Crippen LogP contribution in [0.1, 0.15) is 10.4 Å². The molecule has 0 saturated carbocycles. The molecule has 0 radical (unpaired) electrons. The lowest BCUT2D eigenvalue weighted by atomic mass is 10.1. The summed E-state index contributed by atoms with van der Waals surface area (Å²) in [6.07, 6.45) is 1.18. The predicted molar refractivity (Wildman–Crippen MR) is 143 cm³/mol. The van der Waals surface area contributed by atoms with Gasteiger partial charge in [-0.3, -0.25) is 14.6 Å². The molecule has 5 rings (SSSR count). The van der Waals surface area contributed by atoms with E-state index in [0.717, 1.165) is 28.6 Å². The molecular formula is C25H26ClN3O4S2. The van der Waals surface area contributed by atoms with Gasteiger partial charge in [-0.05, 0) is 35.0 Å². The summed E-state index contributed by atoms with van der Waals surface area (Å²) in [5.74, 6) is -0.154. The van der Waals surface area contributed by atoms with Crippen LogP contribution in [0, 0.1) is 0 Å². The molecule has 1 aliphatic rings. The number of hydrogen-bond acceptors (Lipinski definition) is 7. The highest BCUT2D eigenvalue weighted by Gasteiger charge is 2.25. The number of sulfone groups is 1. The average molecular weight is 532 g/mol. The van der Waals surface area contributed by atoms with Crippen molar-refractivity contribution >= 4 is 65.6 Å². The van der Waals surface area contributed by atoms with Crippen LogP contribution >= 0.6 is 23.7 Å². The van der Waals surface area contributed by atoms with E-state index in [4.69, 9.17) is 4.74 Å².